The quantitative estimate of drug-likeness (QED) is 0.647. The Hall–Kier alpha value is -3.12. The Morgan fingerprint density at radius 1 is 1.21 bits per heavy atom. The monoisotopic (exact) mass is 392 g/mol. The number of nitrogens with zero attached hydrogens (tertiary/aromatic N) is 2. The average molecular weight is 392 g/mol. The number of aryl methyl sites for hydroxylation is 1. The summed E-state index contributed by atoms with van der Waals surface area (Å²) in [7, 11) is 0. The number of oxazole rings is 1. The summed E-state index contributed by atoms with van der Waals surface area (Å²) in [5, 5.41) is 9.30. The van der Waals surface area contributed by atoms with Crippen molar-refractivity contribution in [1.29, 1.82) is 0 Å². The number of rotatable bonds is 7. The van der Waals surface area contributed by atoms with E-state index in [4.69, 9.17) is 9.15 Å². The summed E-state index contributed by atoms with van der Waals surface area (Å²) in [5.41, 5.74) is 3.93. The van der Waals surface area contributed by atoms with Crippen LogP contribution in [0.25, 0.3) is 11.5 Å². The number of carboxylic acids is 1. The summed E-state index contributed by atoms with van der Waals surface area (Å²) in [6, 6.07) is 15.4. The molecule has 1 aliphatic heterocycles. The highest BCUT2D eigenvalue weighted by Crippen LogP contribution is 2.23. The third-order valence-electron chi connectivity index (χ3n) is 5.19. The number of hydrogen-bond acceptors (Lipinski definition) is 5. The molecule has 2 heterocycles. The van der Waals surface area contributed by atoms with Crippen LogP contribution in [0.15, 0.2) is 59.2 Å². The molecule has 6 heteroatoms. The van der Waals surface area contributed by atoms with E-state index in [9.17, 15) is 9.90 Å². The van der Waals surface area contributed by atoms with E-state index in [1.807, 2.05) is 60.4 Å². The van der Waals surface area contributed by atoms with Crippen LogP contribution in [-0.2, 0) is 17.9 Å². The van der Waals surface area contributed by atoms with Crippen molar-refractivity contribution in [3.63, 3.8) is 0 Å². The lowest BCUT2D eigenvalue weighted by Gasteiger charge is -2.21. The van der Waals surface area contributed by atoms with Crippen LogP contribution < -0.4 is 4.74 Å². The van der Waals surface area contributed by atoms with E-state index in [0.29, 0.717) is 19.0 Å². The van der Waals surface area contributed by atoms with Crippen molar-refractivity contribution < 1.29 is 19.1 Å². The van der Waals surface area contributed by atoms with E-state index < -0.39 is 5.97 Å². The van der Waals surface area contributed by atoms with E-state index >= 15 is 0 Å². The topological polar surface area (TPSA) is 75.8 Å². The lowest BCUT2D eigenvalue weighted by Crippen LogP contribution is -2.35. The summed E-state index contributed by atoms with van der Waals surface area (Å²) in [5.74, 6) is 0.586. The number of aliphatic carboxylic acids is 1. The van der Waals surface area contributed by atoms with E-state index in [2.05, 4.69) is 4.98 Å². The molecule has 1 saturated heterocycles. The lowest BCUT2D eigenvalue weighted by molar-refractivity contribution is -0.142. The summed E-state index contributed by atoms with van der Waals surface area (Å²) in [6.45, 7) is 3.83. The van der Waals surface area contributed by atoms with Gasteiger partial charge in [-0.3, -0.25) is 9.69 Å². The summed E-state index contributed by atoms with van der Waals surface area (Å²) in [4.78, 5) is 17.8. The van der Waals surface area contributed by atoms with Gasteiger partial charge in [0.2, 0.25) is 5.89 Å². The Balaban J connectivity index is 1.33. The Labute approximate surface area is 169 Å². The average Bonchev–Trinajstić information content (AvgIpc) is 3.38. The van der Waals surface area contributed by atoms with Gasteiger partial charge in [-0.05, 0) is 56.1 Å². The largest absolute Gasteiger partial charge is 0.487 e. The third-order valence-corrected chi connectivity index (χ3v) is 5.19. The summed E-state index contributed by atoms with van der Waals surface area (Å²) >= 11 is 0. The van der Waals surface area contributed by atoms with Crippen molar-refractivity contribution in [2.24, 2.45) is 0 Å². The van der Waals surface area contributed by atoms with Gasteiger partial charge in [0.1, 0.15) is 30.4 Å². The zero-order chi connectivity index (χ0) is 20.2. The van der Waals surface area contributed by atoms with Gasteiger partial charge in [0.05, 0.1) is 0 Å². The molecule has 1 atom stereocenters. The second-order valence-corrected chi connectivity index (χ2v) is 7.41. The lowest BCUT2D eigenvalue weighted by atomic mass is 10.1. The fraction of sp³-hybridized carbons (Fsp3) is 0.304. The van der Waals surface area contributed by atoms with Crippen molar-refractivity contribution in [3.05, 3.63) is 71.6 Å². The number of likely N-dealkylation sites (tertiary alicyclic amines) is 1. The van der Waals surface area contributed by atoms with Crippen molar-refractivity contribution >= 4 is 5.97 Å². The molecular formula is C23H24N2O4. The van der Waals surface area contributed by atoms with Crippen LogP contribution in [0.4, 0.5) is 0 Å². The highest BCUT2D eigenvalue weighted by Gasteiger charge is 2.30. The van der Waals surface area contributed by atoms with E-state index in [0.717, 1.165) is 42.0 Å². The minimum Gasteiger partial charge on any atom is -0.487 e. The molecule has 6 nitrogen and oxygen atoms in total. The fourth-order valence-corrected chi connectivity index (χ4v) is 3.58. The van der Waals surface area contributed by atoms with Gasteiger partial charge in [-0.15, -0.1) is 0 Å². The zero-order valence-electron chi connectivity index (χ0n) is 16.4. The Morgan fingerprint density at radius 3 is 2.69 bits per heavy atom. The standard InChI is InChI=1S/C23H24N2O4/c1-16-4-8-18(9-5-16)22-24-19(15-29-22)14-28-20-10-6-17(7-11-20)13-25-12-2-3-21(25)23(26)27/h4-11,15,21H,2-3,12-14H2,1H3,(H,26,27). The number of hydrogen-bond donors (Lipinski definition) is 1. The van der Waals surface area contributed by atoms with Gasteiger partial charge in [-0.1, -0.05) is 29.8 Å². The third kappa shape index (κ3) is 4.66. The first kappa shape index (κ1) is 19.2. The second kappa shape index (κ2) is 8.49. The van der Waals surface area contributed by atoms with Gasteiger partial charge in [0.25, 0.3) is 0 Å². The molecular weight excluding hydrogens is 368 g/mol. The van der Waals surface area contributed by atoms with Crippen molar-refractivity contribution in [2.45, 2.75) is 39.0 Å². The Morgan fingerprint density at radius 2 is 1.97 bits per heavy atom. The molecule has 0 radical (unpaired) electrons. The van der Waals surface area contributed by atoms with Crippen molar-refractivity contribution in [3.8, 4) is 17.2 Å². The molecule has 0 amide bonds. The fourth-order valence-electron chi connectivity index (χ4n) is 3.58. The van der Waals surface area contributed by atoms with Crippen LogP contribution in [0.3, 0.4) is 0 Å². The van der Waals surface area contributed by atoms with Gasteiger partial charge in [-0.2, -0.15) is 0 Å². The first-order valence-corrected chi connectivity index (χ1v) is 9.78. The molecule has 0 bridgehead atoms. The smallest absolute Gasteiger partial charge is 0.320 e. The first-order chi connectivity index (χ1) is 14.1. The van der Waals surface area contributed by atoms with Crippen LogP contribution in [0.2, 0.25) is 0 Å². The van der Waals surface area contributed by atoms with E-state index in [-0.39, 0.29) is 6.04 Å². The molecule has 1 fully saturated rings. The number of carbonyl (C=O) groups is 1. The molecule has 1 aromatic heterocycles. The molecule has 29 heavy (non-hydrogen) atoms. The first-order valence-electron chi connectivity index (χ1n) is 9.78. The summed E-state index contributed by atoms with van der Waals surface area (Å²) < 4.78 is 11.4. The molecule has 1 aliphatic rings. The summed E-state index contributed by atoms with van der Waals surface area (Å²) in [6.07, 6.45) is 3.27. The van der Waals surface area contributed by atoms with E-state index in [1.165, 1.54) is 5.56 Å². The highest BCUT2D eigenvalue weighted by atomic mass is 16.5. The van der Waals surface area contributed by atoms with Crippen LogP contribution in [-0.4, -0.2) is 33.5 Å². The maximum Gasteiger partial charge on any atom is 0.320 e. The molecule has 4 rings (SSSR count). The predicted octanol–water partition coefficient (Wildman–Crippen LogP) is 4.28. The van der Waals surface area contributed by atoms with Crippen LogP contribution in [0, 0.1) is 6.92 Å². The van der Waals surface area contributed by atoms with Crippen LogP contribution >= 0.6 is 0 Å². The van der Waals surface area contributed by atoms with Crippen LogP contribution in [0.5, 0.6) is 5.75 Å². The minimum atomic E-state index is -0.736. The predicted molar refractivity (Wildman–Crippen MR) is 109 cm³/mol. The molecule has 0 spiro atoms. The molecule has 0 aliphatic carbocycles. The molecule has 1 N–H and O–H groups in total. The Bertz CT molecular complexity index is 963. The van der Waals surface area contributed by atoms with Crippen molar-refractivity contribution in [2.75, 3.05) is 6.54 Å². The number of aromatic nitrogens is 1. The minimum absolute atomic E-state index is 0.321. The normalized spacial score (nSPS) is 16.8. The van der Waals surface area contributed by atoms with E-state index in [1.54, 1.807) is 6.26 Å². The molecule has 150 valence electrons. The number of benzene rings is 2. The van der Waals surface area contributed by atoms with Crippen LogP contribution in [0.1, 0.15) is 29.7 Å². The Kier molecular flexibility index (Phi) is 5.62. The van der Waals surface area contributed by atoms with Gasteiger partial charge >= 0.3 is 5.97 Å². The van der Waals surface area contributed by atoms with Gasteiger partial charge in [0, 0.05) is 12.1 Å². The molecule has 0 saturated carbocycles. The van der Waals surface area contributed by atoms with Crippen molar-refractivity contribution in [1.82, 2.24) is 9.88 Å². The van der Waals surface area contributed by atoms with Gasteiger partial charge in [0.15, 0.2) is 0 Å². The SMILES string of the molecule is Cc1ccc(-c2nc(COc3ccc(CN4CCCC4C(=O)O)cc3)co2)cc1. The zero-order valence-corrected chi connectivity index (χ0v) is 16.4. The van der Waals surface area contributed by atoms with Gasteiger partial charge in [-0.25, -0.2) is 4.98 Å². The number of carboxylic acid groups (broad SMARTS) is 1. The maximum absolute atomic E-state index is 11.3. The van der Waals surface area contributed by atoms with Gasteiger partial charge < -0.3 is 14.3 Å². The maximum atomic E-state index is 11.3. The second-order valence-electron chi connectivity index (χ2n) is 7.41. The number of ether oxygens (including phenoxy) is 1. The molecule has 3 aromatic rings. The highest BCUT2D eigenvalue weighted by molar-refractivity contribution is 5.73. The molecule has 2 aromatic carbocycles. The molecule has 1 unspecified atom stereocenters.